The van der Waals surface area contributed by atoms with Gasteiger partial charge in [-0.25, -0.2) is 9.98 Å². The second-order valence-corrected chi connectivity index (χ2v) is 9.32. The Hall–Kier alpha value is -2.97. The molecular weight excluding hydrogens is 453 g/mol. The van der Waals surface area contributed by atoms with Crippen molar-refractivity contribution in [2.45, 2.75) is 18.7 Å². The number of ether oxygens (including phenoxy) is 2. The van der Waals surface area contributed by atoms with Crippen LogP contribution in [0.1, 0.15) is 11.1 Å². The van der Waals surface area contributed by atoms with Gasteiger partial charge in [-0.2, -0.15) is 0 Å². The largest absolute Gasteiger partial charge is 0.493 e. The predicted molar refractivity (Wildman–Crippen MR) is 136 cm³/mol. The van der Waals surface area contributed by atoms with Crippen LogP contribution in [-0.2, 0) is 12.7 Å². The molecule has 10 heteroatoms. The van der Waals surface area contributed by atoms with Gasteiger partial charge in [-0.15, -0.1) is 0 Å². The zero-order valence-corrected chi connectivity index (χ0v) is 20.4. The van der Waals surface area contributed by atoms with E-state index in [-0.39, 0.29) is 6.16 Å². The number of rotatable bonds is 10. The number of benzene rings is 2. The first-order chi connectivity index (χ1) is 16.4. The van der Waals surface area contributed by atoms with Crippen LogP contribution in [0, 0.1) is 0 Å². The second-order valence-electron chi connectivity index (χ2n) is 8.26. The number of nitrogens with zero attached hydrogens (tertiary/aromatic N) is 3. The number of pyridine rings is 1. The minimum absolute atomic E-state index is 0.283. The van der Waals surface area contributed by atoms with Gasteiger partial charge in [-0.05, 0) is 23.3 Å². The van der Waals surface area contributed by atoms with E-state index in [4.69, 9.17) is 19.5 Å². The molecule has 1 saturated heterocycles. The highest BCUT2D eigenvalue weighted by Gasteiger charge is 2.19. The maximum Gasteiger partial charge on any atom is 0.169 e. The summed E-state index contributed by atoms with van der Waals surface area (Å²) in [4.78, 5) is 29.9. The first-order valence-corrected chi connectivity index (χ1v) is 12.4. The van der Waals surface area contributed by atoms with E-state index in [9.17, 15) is 9.79 Å². The van der Waals surface area contributed by atoms with Crippen LogP contribution < -0.4 is 20.1 Å². The minimum Gasteiger partial charge on any atom is -0.493 e. The van der Waals surface area contributed by atoms with Gasteiger partial charge in [-0.3, -0.25) is 0 Å². The quantitative estimate of drug-likeness (QED) is 0.198. The Bertz CT molecular complexity index is 1150. The molecule has 4 rings (SSSR count). The fourth-order valence-electron chi connectivity index (χ4n) is 3.68. The molecule has 0 bridgehead atoms. The molecule has 1 aliphatic heterocycles. The summed E-state index contributed by atoms with van der Waals surface area (Å²) in [5.41, 5.74) is 3.55. The molecule has 4 N–H and O–H groups in total. The molecule has 180 valence electrons. The van der Waals surface area contributed by atoms with E-state index in [2.05, 4.69) is 10.6 Å². The van der Waals surface area contributed by atoms with Gasteiger partial charge in [0, 0.05) is 44.3 Å². The fraction of sp³-hybridized carbons (Fsp3) is 0.333. The average Bonchev–Trinajstić information content (AvgIpc) is 2.79. The third-order valence-electron chi connectivity index (χ3n) is 5.60. The van der Waals surface area contributed by atoms with Crippen LogP contribution in [0.3, 0.4) is 0 Å². The van der Waals surface area contributed by atoms with Gasteiger partial charge in [0.15, 0.2) is 25.7 Å². The van der Waals surface area contributed by atoms with E-state index in [1.165, 1.54) is 0 Å². The summed E-state index contributed by atoms with van der Waals surface area (Å²) in [7, 11) is 3.27. The lowest BCUT2D eigenvalue weighted by molar-refractivity contribution is 0.356. The van der Waals surface area contributed by atoms with Crippen LogP contribution in [0.25, 0.3) is 10.9 Å². The Morgan fingerprint density at radius 1 is 1.12 bits per heavy atom. The van der Waals surface area contributed by atoms with Crippen molar-refractivity contribution in [3.8, 4) is 11.5 Å². The van der Waals surface area contributed by atoms with Crippen LogP contribution in [0.15, 0.2) is 47.5 Å². The third-order valence-corrected chi connectivity index (χ3v) is 6.24. The maximum atomic E-state index is 9.18. The molecule has 2 aromatic carbocycles. The monoisotopic (exact) mass is 483 g/mol. The second kappa shape index (κ2) is 11.0. The summed E-state index contributed by atoms with van der Waals surface area (Å²) < 4.78 is 10.9. The van der Waals surface area contributed by atoms with Crippen LogP contribution in [0.5, 0.6) is 11.5 Å². The Morgan fingerprint density at radius 3 is 2.41 bits per heavy atom. The van der Waals surface area contributed by atoms with Gasteiger partial charge in [0.05, 0.1) is 32.1 Å². The highest BCUT2D eigenvalue weighted by molar-refractivity contribution is 7.44. The summed E-state index contributed by atoms with van der Waals surface area (Å²) in [5, 5.41) is 7.66. The van der Waals surface area contributed by atoms with E-state index >= 15 is 0 Å². The lowest BCUT2D eigenvalue weighted by Gasteiger charge is -2.29. The molecule has 0 atom stereocenters. The van der Waals surface area contributed by atoms with Crippen molar-refractivity contribution in [1.29, 1.82) is 0 Å². The van der Waals surface area contributed by atoms with Crippen molar-refractivity contribution in [1.82, 2.24) is 15.2 Å². The van der Waals surface area contributed by atoms with Crippen molar-refractivity contribution in [2.24, 2.45) is 4.99 Å². The van der Waals surface area contributed by atoms with Crippen molar-refractivity contribution in [3.63, 3.8) is 0 Å². The van der Waals surface area contributed by atoms with E-state index in [1.807, 2.05) is 54.4 Å². The number of aromatic nitrogens is 1. The first-order valence-electron chi connectivity index (χ1n) is 11.0. The molecule has 3 aromatic rings. The summed E-state index contributed by atoms with van der Waals surface area (Å²) in [6, 6.07) is 13.9. The van der Waals surface area contributed by atoms with Gasteiger partial charge in [0.2, 0.25) is 0 Å². The van der Waals surface area contributed by atoms with Gasteiger partial charge in [0.1, 0.15) is 5.69 Å². The fourth-order valence-corrected chi connectivity index (χ4v) is 4.22. The number of hydrogen-bond donors (Lipinski definition) is 4. The Labute approximate surface area is 200 Å². The summed E-state index contributed by atoms with van der Waals surface area (Å²) >= 11 is 0. The van der Waals surface area contributed by atoms with Crippen LogP contribution in [0.2, 0.25) is 0 Å². The lowest BCUT2D eigenvalue weighted by Crippen LogP contribution is -2.51. The standard InChI is InChI=1S/C24H30N5O4P/c1-29(13-16-4-6-17(7-5-16)14-34(30)31)15-26-21-8-18-9-22(32-2)23(33-3)10-20(18)28-24(21)27-19-11-25-12-19/h4-10,15,19,25,30-31H,11-14H2,1-3H3,(H,27,28). The highest BCUT2D eigenvalue weighted by Crippen LogP contribution is 2.35. The van der Waals surface area contributed by atoms with Crippen molar-refractivity contribution >= 4 is 37.1 Å². The molecule has 0 radical (unpaired) electrons. The molecule has 0 aliphatic carbocycles. The smallest absolute Gasteiger partial charge is 0.169 e. The Kier molecular flexibility index (Phi) is 7.80. The van der Waals surface area contributed by atoms with E-state index in [0.717, 1.165) is 46.6 Å². The summed E-state index contributed by atoms with van der Waals surface area (Å²) in [6.45, 7) is 2.44. The SMILES string of the molecule is COc1cc2cc(N=CN(C)Cc3ccc(CP(O)O)cc3)c(NC3CNC3)nc2cc1OC. The van der Waals surface area contributed by atoms with E-state index < -0.39 is 8.38 Å². The number of anilines is 1. The molecule has 2 heterocycles. The topological polar surface area (TPSA) is 111 Å². The summed E-state index contributed by atoms with van der Waals surface area (Å²) in [6.07, 6.45) is 2.08. The van der Waals surface area contributed by atoms with E-state index in [0.29, 0.717) is 24.1 Å². The van der Waals surface area contributed by atoms with Crippen LogP contribution in [-0.4, -0.2) is 66.4 Å². The minimum atomic E-state index is -1.92. The molecule has 9 nitrogen and oxygen atoms in total. The van der Waals surface area contributed by atoms with E-state index in [1.54, 1.807) is 20.6 Å². The molecular formula is C24H30N5O4P. The lowest BCUT2D eigenvalue weighted by atomic mass is 10.1. The number of aliphatic imine (C=N–C) groups is 1. The van der Waals surface area contributed by atoms with Gasteiger partial charge >= 0.3 is 0 Å². The third kappa shape index (κ3) is 5.93. The first kappa shape index (κ1) is 24.2. The molecule has 1 aliphatic rings. The number of methoxy groups -OCH3 is 2. The van der Waals surface area contributed by atoms with Crippen LogP contribution >= 0.6 is 8.38 Å². The molecule has 0 amide bonds. The number of hydrogen-bond acceptors (Lipinski definition) is 8. The highest BCUT2D eigenvalue weighted by atomic mass is 31.2. The molecule has 0 unspecified atom stereocenters. The van der Waals surface area contributed by atoms with Crippen LogP contribution in [0.4, 0.5) is 11.5 Å². The zero-order valence-electron chi connectivity index (χ0n) is 19.5. The summed E-state index contributed by atoms with van der Waals surface area (Å²) in [5.74, 6) is 2.01. The normalized spacial score (nSPS) is 13.9. The molecule has 0 saturated carbocycles. The number of fused-ring (bicyclic) bond motifs is 1. The molecule has 0 spiro atoms. The van der Waals surface area contributed by atoms with Crippen molar-refractivity contribution < 1.29 is 19.3 Å². The van der Waals surface area contributed by atoms with Gasteiger partial charge in [0.25, 0.3) is 0 Å². The molecule has 1 fully saturated rings. The zero-order chi connectivity index (χ0) is 24.1. The number of nitrogens with one attached hydrogen (secondary N) is 2. The van der Waals surface area contributed by atoms with Crippen molar-refractivity contribution in [3.05, 3.63) is 53.6 Å². The Morgan fingerprint density at radius 2 is 1.79 bits per heavy atom. The molecule has 1 aromatic heterocycles. The Balaban J connectivity index is 1.56. The maximum absolute atomic E-state index is 9.18. The van der Waals surface area contributed by atoms with Gasteiger partial charge in [-0.1, -0.05) is 24.3 Å². The van der Waals surface area contributed by atoms with Gasteiger partial charge < -0.3 is 34.8 Å². The average molecular weight is 484 g/mol. The predicted octanol–water partition coefficient (Wildman–Crippen LogP) is 3.22. The molecule has 34 heavy (non-hydrogen) atoms. The van der Waals surface area contributed by atoms with Crippen molar-refractivity contribution in [2.75, 3.05) is 39.7 Å².